The Hall–Kier alpha value is -0.190. The van der Waals surface area contributed by atoms with E-state index in [0.717, 1.165) is 6.26 Å². The summed E-state index contributed by atoms with van der Waals surface area (Å²) in [7, 11) is -7.02. The van der Waals surface area contributed by atoms with E-state index in [4.69, 9.17) is 0 Å². The van der Waals surface area contributed by atoms with Crippen LogP contribution in [0.4, 0.5) is 0 Å². The number of nitrogens with one attached hydrogen (secondary N) is 1. The van der Waals surface area contributed by atoms with Crippen molar-refractivity contribution in [3.63, 3.8) is 0 Å². The maximum atomic E-state index is 12.7. The number of sulfone groups is 1. The van der Waals surface area contributed by atoms with Gasteiger partial charge in [0.15, 0.2) is 9.84 Å². The summed E-state index contributed by atoms with van der Waals surface area (Å²) in [4.78, 5) is 0.172. The van der Waals surface area contributed by atoms with E-state index in [1.807, 2.05) is 6.92 Å². The molecule has 126 valence electrons. The van der Waals surface area contributed by atoms with Gasteiger partial charge in [0.2, 0.25) is 10.0 Å². The average Bonchev–Trinajstić information content (AvgIpc) is 2.37. The Morgan fingerprint density at radius 1 is 1.27 bits per heavy atom. The number of halogens is 2. The number of benzene rings is 1. The summed E-state index contributed by atoms with van der Waals surface area (Å²) in [6.45, 7) is 3.42. The van der Waals surface area contributed by atoms with Gasteiger partial charge in [-0.15, -0.1) is 12.4 Å². The summed E-state index contributed by atoms with van der Waals surface area (Å²) in [6, 6.07) is 3.84. The predicted molar refractivity (Wildman–Crippen MR) is 90.7 cm³/mol. The molecule has 1 aliphatic rings. The first-order valence-electron chi connectivity index (χ1n) is 6.36. The number of hydrogen-bond acceptors (Lipinski definition) is 5. The van der Waals surface area contributed by atoms with E-state index in [0.29, 0.717) is 19.6 Å². The number of nitrogens with zero attached hydrogens (tertiary/aromatic N) is 1. The average molecular weight is 434 g/mol. The lowest BCUT2D eigenvalue weighted by atomic mass is 10.3. The van der Waals surface area contributed by atoms with Crippen LogP contribution in [-0.4, -0.2) is 53.1 Å². The summed E-state index contributed by atoms with van der Waals surface area (Å²) >= 11 is 3.18. The van der Waals surface area contributed by atoms with Crippen molar-refractivity contribution < 1.29 is 16.8 Å². The Kier molecular flexibility index (Phi) is 6.45. The van der Waals surface area contributed by atoms with Crippen LogP contribution >= 0.6 is 28.3 Å². The lowest BCUT2D eigenvalue weighted by molar-refractivity contribution is 0.283. The second kappa shape index (κ2) is 7.14. The third-order valence-corrected chi connectivity index (χ3v) is 7.46. The zero-order valence-corrected chi connectivity index (χ0v) is 16.1. The van der Waals surface area contributed by atoms with Gasteiger partial charge in [0, 0.05) is 36.4 Å². The molecule has 1 heterocycles. The third kappa shape index (κ3) is 4.01. The molecule has 0 aliphatic carbocycles. The van der Waals surface area contributed by atoms with Crippen LogP contribution in [0.1, 0.15) is 6.92 Å². The van der Waals surface area contributed by atoms with E-state index in [1.54, 1.807) is 0 Å². The highest BCUT2D eigenvalue weighted by Crippen LogP contribution is 2.29. The SMILES string of the molecule is C[C@@H]1CNCCN1S(=O)(=O)c1ccc(S(C)(=O)=O)cc1Br.Cl. The van der Waals surface area contributed by atoms with Crippen LogP contribution in [0.25, 0.3) is 0 Å². The molecule has 0 saturated carbocycles. The molecule has 1 aromatic carbocycles. The fourth-order valence-corrected chi connectivity index (χ4v) is 5.70. The van der Waals surface area contributed by atoms with Gasteiger partial charge in [0.05, 0.1) is 9.79 Å². The van der Waals surface area contributed by atoms with Gasteiger partial charge >= 0.3 is 0 Å². The summed E-state index contributed by atoms with van der Waals surface area (Å²) in [6.07, 6.45) is 1.08. The molecular weight excluding hydrogens is 416 g/mol. The summed E-state index contributed by atoms with van der Waals surface area (Å²) in [5.41, 5.74) is 0. The maximum Gasteiger partial charge on any atom is 0.244 e. The number of sulfonamides is 1. The minimum absolute atomic E-state index is 0. The number of rotatable bonds is 3. The minimum atomic E-state index is -3.65. The highest BCUT2D eigenvalue weighted by molar-refractivity contribution is 9.10. The molecule has 0 bridgehead atoms. The van der Waals surface area contributed by atoms with Gasteiger partial charge in [-0.2, -0.15) is 4.31 Å². The molecule has 1 fully saturated rings. The minimum Gasteiger partial charge on any atom is -0.314 e. The van der Waals surface area contributed by atoms with Crippen molar-refractivity contribution in [3.05, 3.63) is 22.7 Å². The molecule has 1 atom stereocenters. The fraction of sp³-hybridized carbons (Fsp3) is 0.500. The van der Waals surface area contributed by atoms with E-state index < -0.39 is 19.9 Å². The molecule has 0 unspecified atom stereocenters. The van der Waals surface area contributed by atoms with E-state index in [9.17, 15) is 16.8 Å². The molecule has 6 nitrogen and oxygen atoms in total. The van der Waals surface area contributed by atoms with Gasteiger partial charge in [-0.05, 0) is 41.1 Å². The molecular formula is C12H18BrClN2O4S2. The largest absolute Gasteiger partial charge is 0.314 e. The Labute approximate surface area is 145 Å². The van der Waals surface area contributed by atoms with Gasteiger partial charge in [0.1, 0.15) is 0 Å². The van der Waals surface area contributed by atoms with Crippen LogP contribution < -0.4 is 5.32 Å². The molecule has 0 amide bonds. The van der Waals surface area contributed by atoms with Crippen molar-refractivity contribution >= 4 is 48.2 Å². The lowest BCUT2D eigenvalue weighted by Gasteiger charge is -2.33. The van der Waals surface area contributed by atoms with Crippen molar-refractivity contribution in [2.75, 3.05) is 25.9 Å². The van der Waals surface area contributed by atoms with Gasteiger partial charge in [0.25, 0.3) is 0 Å². The molecule has 22 heavy (non-hydrogen) atoms. The second-order valence-corrected chi connectivity index (χ2v) is 9.76. The van der Waals surface area contributed by atoms with Crippen LogP contribution in [-0.2, 0) is 19.9 Å². The number of piperazine rings is 1. The van der Waals surface area contributed by atoms with E-state index in [2.05, 4.69) is 21.2 Å². The first-order chi connectivity index (χ1) is 9.64. The van der Waals surface area contributed by atoms with Crippen LogP contribution in [0, 0.1) is 0 Å². The van der Waals surface area contributed by atoms with Crippen LogP contribution in [0.15, 0.2) is 32.5 Å². The lowest BCUT2D eigenvalue weighted by Crippen LogP contribution is -2.52. The Morgan fingerprint density at radius 3 is 2.41 bits per heavy atom. The molecule has 10 heteroatoms. The summed E-state index contributed by atoms with van der Waals surface area (Å²) in [5, 5.41) is 3.13. The van der Waals surface area contributed by atoms with Crippen molar-refractivity contribution in [1.29, 1.82) is 0 Å². The maximum absolute atomic E-state index is 12.7. The highest BCUT2D eigenvalue weighted by atomic mass is 79.9. The normalized spacial score (nSPS) is 20.4. The van der Waals surface area contributed by atoms with E-state index in [1.165, 1.54) is 22.5 Å². The first kappa shape index (κ1) is 19.9. The summed E-state index contributed by atoms with van der Waals surface area (Å²) in [5.74, 6) is 0. The van der Waals surface area contributed by atoms with Crippen LogP contribution in [0.2, 0.25) is 0 Å². The standard InChI is InChI=1S/C12H17BrN2O4S2.ClH/c1-9-8-14-5-6-15(9)21(18,19)12-4-3-10(7-11(12)13)20(2,16)17;/h3-4,7,9,14H,5-6,8H2,1-2H3;1H/t9-;/m1./s1. The third-order valence-electron chi connectivity index (χ3n) is 3.36. The van der Waals surface area contributed by atoms with Crippen molar-refractivity contribution in [3.8, 4) is 0 Å². The van der Waals surface area contributed by atoms with Crippen LogP contribution in [0.5, 0.6) is 0 Å². The predicted octanol–water partition coefficient (Wildman–Crippen LogP) is 1.26. The summed E-state index contributed by atoms with van der Waals surface area (Å²) < 4.78 is 50.1. The molecule has 1 N–H and O–H groups in total. The van der Waals surface area contributed by atoms with Crippen molar-refractivity contribution in [1.82, 2.24) is 9.62 Å². The second-order valence-electron chi connectivity index (χ2n) is 5.03. The van der Waals surface area contributed by atoms with E-state index in [-0.39, 0.29) is 32.7 Å². The molecule has 0 spiro atoms. The smallest absolute Gasteiger partial charge is 0.244 e. The van der Waals surface area contributed by atoms with Crippen LogP contribution in [0.3, 0.4) is 0 Å². The van der Waals surface area contributed by atoms with Gasteiger partial charge < -0.3 is 5.32 Å². The Bertz CT molecular complexity index is 752. The Morgan fingerprint density at radius 2 is 1.91 bits per heavy atom. The molecule has 0 radical (unpaired) electrons. The topological polar surface area (TPSA) is 83.6 Å². The Balaban J connectivity index is 0.00000242. The monoisotopic (exact) mass is 432 g/mol. The fourth-order valence-electron chi connectivity index (χ4n) is 2.23. The zero-order chi connectivity index (χ0) is 15.8. The first-order valence-corrected chi connectivity index (χ1v) is 10.5. The number of hydrogen-bond donors (Lipinski definition) is 1. The molecule has 2 rings (SSSR count). The zero-order valence-electron chi connectivity index (χ0n) is 12.1. The van der Waals surface area contributed by atoms with Crippen molar-refractivity contribution in [2.24, 2.45) is 0 Å². The quantitative estimate of drug-likeness (QED) is 0.776. The van der Waals surface area contributed by atoms with Gasteiger partial charge in [-0.25, -0.2) is 16.8 Å². The molecule has 1 saturated heterocycles. The van der Waals surface area contributed by atoms with Gasteiger partial charge in [-0.3, -0.25) is 0 Å². The highest BCUT2D eigenvalue weighted by Gasteiger charge is 2.32. The molecule has 0 aromatic heterocycles. The molecule has 1 aliphatic heterocycles. The van der Waals surface area contributed by atoms with E-state index >= 15 is 0 Å². The molecule has 1 aromatic rings. The van der Waals surface area contributed by atoms with Crippen molar-refractivity contribution in [2.45, 2.75) is 22.8 Å². The van der Waals surface area contributed by atoms with Gasteiger partial charge in [-0.1, -0.05) is 0 Å².